The molecule has 2 aromatic carbocycles. The van der Waals surface area contributed by atoms with Gasteiger partial charge in [0.15, 0.2) is 0 Å². The minimum Gasteiger partial charge on any atom is -0.355 e. The summed E-state index contributed by atoms with van der Waals surface area (Å²) < 4.78 is 22.5. The van der Waals surface area contributed by atoms with Crippen molar-refractivity contribution in [3.05, 3.63) is 60.2 Å². The molecule has 3 rings (SSSR count). The number of rotatable bonds is 6. The van der Waals surface area contributed by atoms with E-state index in [0.717, 1.165) is 11.3 Å². The van der Waals surface area contributed by atoms with E-state index in [-0.39, 0.29) is 29.0 Å². The number of nitrogens with two attached hydrogens (primary N) is 1. The molecule has 0 aliphatic carbocycles. The summed E-state index contributed by atoms with van der Waals surface area (Å²) in [4.78, 5) is 26.2. The van der Waals surface area contributed by atoms with Crippen LogP contribution in [-0.2, 0) is 26.0 Å². The zero-order chi connectivity index (χ0) is 19.4. The van der Waals surface area contributed by atoms with E-state index in [1.54, 1.807) is 17.0 Å². The number of anilines is 1. The molecule has 0 spiro atoms. The first kappa shape index (κ1) is 19.1. The third-order valence-electron chi connectivity index (χ3n) is 4.53. The van der Waals surface area contributed by atoms with Crippen LogP contribution >= 0.6 is 0 Å². The molecule has 1 saturated heterocycles. The van der Waals surface area contributed by atoms with Gasteiger partial charge in [-0.05, 0) is 36.2 Å². The van der Waals surface area contributed by atoms with Crippen molar-refractivity contribution in [3.63, 3.8) is 0 Å². The molecule has 7 nitrogen and oxygen atoms in total. The van der Waals surface area contributed by atoms with Crippen molar-refractivity contribution in [3.8, 4) is 0 Å². The molecular formula is C19H21N3O4S. The van der Waals surface area contributed by atoms with Crippen LogP contribution in [0.2, 0.25) is 0 Å². The van der Waals surface area contributed by atoms with E-state index in [4.69, 9.17) is 5.14 Å². The van der Waals surface area contributed by atoms with Gasteiger partial charge >= 0.3 is 0 Å². The molecule has 2 aromatic rings. The molecular weight excluding hydrogens is 366 g/mol. The van der Waals surface area contributed by atoms with Gasteiger partial charge in [-0.3, -0.25) is 9.59 Å². The lowest BCUT2D eigenvalue weighted by molar-refractivity contribution is -0.126. The Morgan fingerprint density at radius 3 is 2.41 bits per heavy atom. The molecule has 2 amide bonds. The summed E-state index contributed by atoms with van der Waals surface area (Å²) in [6, 6.07) is 15.5. The van der Waals surface area contributed by atoms with Crippen LogP contribution in [-0.4, -0.2) is 33.3 Å². The number of amides is 2. The van der Waals surface area contributed by atoms with E-state index in [9.17, 15) is 18.0 Å². The van der Waals surface area contributed by atoms with Crippen LogP contribution in [0.3, 0.4) is 0 Å². The maximum absolute atomic E-state index is 12.4. The molecule has 27 heavy (non-hydrogen) atoms. The summed E-state index contributed by atoms with van der Waals surface area (Å²) in [5.74, 6) is -0.578. The van der Waals surface area contributed by atoms with Gasteiger partial charge in [0.05, 0.1) is 10.8 Å². The number of primary sulfonamides is 1. The van der Waals surface area contributed by atoms with Gasteiger partial charge in [0.25, 0.3) is 0 Å². The van der Waals surface area contributed by atoms with Gasteiger partial charge in [0.1, 0.15) is 0 Å². The lowest BCUT2D eigenvalue weighted by Gasteiger charge is -2.16. The minimum atomic E-state index is -3.70. The monoisotopic (exact) mass is 387 g/mol. The molecule has 3 N–H and O–H groups in total. The summed E-state index contributed by atoms with van der Waals surface area (Å²) in [6.07, 6.45) is 0.753. The molecule has 1 aliphatic rings. The number of carbonyl (C=O) groups excluding carboxylic acids is 2. The molecule has 0 bridgehead atoms. The van der Waals surface area contributed by atoms with Gasteiger partial charge in [0.2, 0.25) is 21.8 Å². The first-order chi connectivity index (χ1) is 12.8. The van der Waals surface area contributed by atoms with Crippen molar-refractivity contribution in [1.29, 1.82) is 0 Å². The van der Waals surface area contributed by atoms with Crippen molar-refractivity contribution in [1.82, 2.24) is 5.32 Å². The second-order valence-corrected chi connectivity index (χ2v) is 8.03. The van der Waals surface area contributed by atoms with Crippen LogP contribution in [0.1, 0.15) is 12.0 Å². The SMILES string of the molecule is NS(=O)(=O)c1ccc(CCNC(=O)C2CC(=O)N(c3ccccc3)C2)cc1. The predicted molar refractivity (Wildman–Crippen MR) is 101 cm³/mol. The highest BCUT2D eigenvalue weighted by atomic mass is 32.2. The fourth-order valence-corrected chi connectivity index (χ4v) is 3.58. The number of nitrogens with one attached hydrogen (secondary N) is 1. The fraction of sp³-hybridized carbons (Fsp3) is 0.263. The fourth-order valence-electron chi connectivity index (χ4n) is 3.06. The van der Waals surface area contributed by atoms with E-state index in [0.29, 0.717) is 19.5 Å². The number of sulfonamides is 1. The van der Waals surface area contributed by atoms with E-state index in [2.05, 4.69) is 5.32 Å². The third-order valence-corrected chi connectivity index (χ3v) is 5.46. The summed E-state index contributed by atoms with van der Waals surface area (Å²) in [5, 5.41) is 7.91. The number of hydrogen-bond donors (Lipinski definition) is 2. The van der Waals surface area contributed by atoms with Crippen LogP contribution < -0.4 is 15.4 Å². The van der Waals surface area contributed by atoms with E-state index in [1.165, 1.54) is 12.1 Å². The highest BCUT2D eigenvalue weighted by Gasteiger charge is 2.34. The summed E-state index contributed by atoms with van der Waals surface area (Å²) in [7, 11) is -3.70. The molecule has 0 saturated carbocycles. The molecule has 1 fully saturated rings. The topological polar surface area (TPSA) is 110 Å². The number of hydrogen-bond acceptors (Lipinski definition) is 4. The number of carbonyl (C=O) groups is 2. The predicted octanol–water partition coefficient (Wildman–Crippen LogP) is 1.05. The smallest absolute Gasteiger partial charge is 0.238 e. The Bertz CT molecular complexity index is 927. The number of benzene rings is 2. The Morgan fingerprint density at radius 1 is 1.11 bits per heavy atom. The highest BCUT2D eigenvalue weighted by molar-refractivity contribution is 7.89. The third kappa shape index (κ3) is 4.72. The van der Waals surface area contributed by atoms with Gasteiger partial charge in [-0.15, -0.1) is 0 Å². The van der Waals surface area contributed by atoms with Crippen LogP contribution in [0.15, 0.2) is 59.5 Å². The summed E-state index contributed by atoms with van der Waals surface area (Å²) in [5.41, 5.74) is 1.68. The van der Waals surface area contributed by atoms with Crippen LogP contribution in [0.25, 0.3) is 0 Å². The van der Waals surface area contributed by atoms with Gasteiger partial charge in [-0.1, -0.05) is 30.3 Å². The van der Waals surface area contributed by atoms with Crippen molar-refractivity contribution >= 4 is 27.5 Å². The average Bonchev–Trinajstić information content (AvgIpc) is 3.04. The molecule has 142 valence electrons. The Hall–Kier alpha value is -2.71. The Balaban J connectivity index is 1.51. The first-order valence-corrected chi connectivity index (χ1v) is 10.1. The van der Waals surface area contributed by atoms with Crippen molar-refractivity contribution in [2.45, 2.75) is 17.7 Å². The standard InChI is InChI=1S/C19H21N3O4S/c20-27(25,26)17-8-6-14(7-9-17)10-11-21-19(24)15-12-18(23)22(13-15)16-4-2-1-3-5-16/h1-9,15H,10-13H2,(H,21,24)(H2,20,25,26). The second kappa shape index (κ2) is 7.89. The van der Waals surface area contributed by atoms with Crippen molar-refractivity contribution in [2.24, 2.45) is 11.1 Å². The zero-order valence-electron chi connectivity index (χ0n) is 14.7. The van der Waals surface area contributed by atoms with Gasteiger partial charge in [-0.2, -0.15) is 0 Å². The van der Waals surface area contributed by atoms with Crippen molar-refractivity contribution < 1.29 is 18.0 Å². The maximum Gasteiger partial charge on any atom is 0.238 e. The maximum atomic E-state index is 12.4. The summed E-state index contributed by atoms with van der Waals surface area (Å²) >= 11 is 0. The normalized spacial score (nSPS) is 17.1. The van der Waals surface area contributed by atoms with Crippen molar-refractivity contribution in [2.75, 3.05) is 18.0 Å². The molecule has 1 atom stereocenters. The zero-order valence-corrected chi connectivity index (χ0v) is 15.5. The van der Waals surface area contributed by atoms with E-state index in [1.807, 2.05) is 30.3 Å². The molecule has 0 radical (unpaired) electrons. The first-order valence-electron chi connectivity index (χ1n) is 8.59. The highest BCUT2D eigenvalue weighted by Crippen LogP contribution is 2.24. The Morgan fingerprint density at radius 2 is 1.78 bits per heavy atom. The average molecular weight is 387 g/mol. The lowest BCUT2D eigenvalue weighted by atomic mass is 10.1. The Labute approximate surface area is 158 Å². The number of nitrogens with zero attached hydrogens (tertiary/aromatic N) is 1. The van der Waals surface area contributed by atoms with Crippen LogP contribution in [0, 0.1) is 5.92 Å². The van der Waals surface area contributed by atoms with Gasteiger partial charge < -0.3 is 10.2 Å². The molecule has 0 aromatic heterocycles. The summed E-state index contributed by atoms with van der Waals surface area (Å²) in [6.45, 7) is 0.779. The molecule has 1 heterocycles. The van der Waals surface area contributed by atoms with Gasteiger partial charge in [0, 0.05) is 25.2 Å². The second-order valence-electron chi connectivity index (χ2n) is 6.47. The van der Waals surface area contributed by atoms with E-state index < -0.39 is 10.0 Å². The minimum absolute atomic E-state index is 0.0556. The quantitative estimate of drug-likeness (QED) is 0.772. The lowest BCUT2D eigenvalue weighted by Crippen LogP contribution is -2.34. The molecule has 1 aliphatic heterocycles. The Kier molecular flexibility index (Phi) is 5.57. The van der Waals surface area contributed by atoms with E-state index >= 15 is 0 Å². The molecule has 8 heteroatoms. The van der Waals surface area contributed by atoms with Gasteiger partial charge in [-0.25, -0.2) is 13.6 Å². The van der Waals surface area contributed by atoms with Crippen LogP contribution in [0.4, 0.5) is 5.69 Å². The number of para-hydroxylation sites is 1. The largest absolute Gasteiger partial charge is 0.355 e. The molecule has 1 unspecified atom stereocenters. The van der Waals surface area contributed by atoms with Crippen LogP contribution in [0.5, 0.6) is 0 Å².